The van der Waals surface area contributed by atoms with Crippen LogP contribution in [0.5, 0.6) is 5.75 Å². The minimum Gasteiger partial charge on any atom is -0.483 e. The van der Waals surface area contributed by atoms with E-state index in [1.807, 2.05) is 6.92 Å². The lowest BCUT2D eigenvalue weighted by Crippen LogP contribution is -2.32. The Bertz CT molecular complexity index is 1860. The Morgan fingerprint density at radius 1 is 1.05 bits per heavy atom. The molecule has 0 saturated carbocycles. The summed E-state index contributed by atoms with van der Waals surface area (Å²) in [6.45, 7) is 1.30. The minimum absolute atomic E-state index is 0.0649. The number of ether oxygens (including phenoxy) is 1. The largest absolute Gasteiger partial charge is 0.483 e. The number of aromatic amines is 1. The number of nitrogens with zero attached hydrogens (tertiary/aromatic N) is 1. The van der Waals surface area contributed by atoms with Gasteiger partial charge in [0.2, 0.25) is 11.8 Å². The molecule has 2 aliphatic heterocycles. The summed E-state index contributed by atoms with van der Waals surface area (Å²) in [6, 6.07) is 15.7. The zero-order valence-corrected chi connectivity index (χ0v) is 25.0. The molecule has 6 rings (SSSR count). The third-order valence-corrected chi connectivity index (χ3v) is 9.89. The molecule has 2 aliphatic rings. The van der Waals surface area contributed by atoms with Crippen LogP contribution >= 0.6 is 34.7 Å². The zero-order valence-electron chi connectivity index (χ0n) is 22.6. The first-order valence-corrected chi connectivity index (χ1v) is 15.2. The molecule has 1 fully saturated rings. The normalized spacial score (nSPS) is 19.5. The highest BCUT2D eigenvalue weighted by atomic mass is 35.5. The first-order valence-electron chi connectivity index (χ1n) is 13.1. The van der Waals surface area contributed by atoms with Gasteiger partial charge in [-0.25, -0.2) is 4.90 Å². The van der Waals surface area contributed by atoms with Gasteiger partial charge in [-0.3, -0.25) is 19.2 Å². The quantitative estimate of drug-likeness (QED) is 0.238. The van der Waals surface area contributed by atoms with Gasteiger partial charge in [0, 0.05) is 27.1 Å². The van der Waals surface area contributed by atoms with E-state index in [0.717, 1.165) is 45.7 Å². The van der Waals surface area contributed by atoms with Crippen LogP contribution in [0.3, 0.4) is 0 Å². The van der Waals surface area contributed by atoms with E-state index in [0.29, 0.717) is 21.2 Å². The Kier molecular flexibility index (Phi) is 7.80. The van der Waals surface area contributed by atoms with Crippen molar-refractivity contribution in [1.82, 2.24) is 4.98 Å². The molecule has 3 amide bonds. The van der Waals surface area contributed by atoms with E-state index in [-0.39, 0.29) is 21.3 Å². The summed E-state index contributed by atoms with van der Waals surface area (Å²) in [5.74, 6) is -3.21. The molecule has 3 heterocycles. The summed E-state index contributed by atoms with van der Waals surface area (Å²) in [4.78, 5) is 56.9. The number of nitrogens with one attached hydrogen (secondary N) is 2. The number of anilines is 2. The second-order valence-electron chi connectivity index (χ2n) is 10.2. The summed E-state index contributed by atoms with van der Waals surface area (Å²) in [5.41, 5.74) is 0.769. The molecule has 0 radical (unpaired) electrons. The fourth-order valence-electron chi connectivity index (χ4n) is 5.31. The van der Waals surface area contributed by atoms with Crippen molar-refractivity contribution in [2.45, 2.75) is 29.3 Å². The number of alkyl halides is 3. The predicted octanol–water partition coefficient (Wildman–Crippen LogP) is 6.23. The van der Waals surface area contributed by atoms with Gasteiger partial charge in [0.15, 0.2) is 6.61 Å². The molecule has 44 heavy (non-hydrogen) atoms. The van der Waals surface area contributed by atoms with Crippen molar-refractivity contribution in [2.75, 3.05) is 16.8 Å². The highest BCUT2D eigenvalue weighted by Gasteiger charge is 2.56. The van der Waals surface area contributed by atoms with Crippen molar-refractivity contribution in [3.8, 4) is 5.75 Å². The molecular weight excluding hydrogens is 639 g/mol. The lowest BCUT2D eigenvalue weighted by atomic mass is 9.82. The number of halogens is 4. The van der Waals surface area contributed by atoms with Crippen LogP contribution in [-0.2, 0) is 20.6 Å². The highest BCUT2D eigenvalue weighted by Crippen LogP contribution is 2.54. The number of hydrogen-bond donors (Lipinski definition) is 2. The first kappa shape index (κ1) is 30.0. The van der Waals surface area contributed by atoms with Crippen molar-refractivity contribution < 1.29 is 32.3 Å². The van der Waals surface area contributed by atoms with E-state index in [4.69, 9.17) is 16.3 Å². The van der Waals surface area contributed by atoms with Crippen LogP contribution in [0.15, 0.2) is 76.6 Å². The van der Waals surface area contributed by atoms with Crippen molar-refractivity contribution >= 4 is 63.8 Å². The standard InChI is InChI=1S/C30H21ClF3N3O5S2/c1-14-5-8-18(9-6-14)37-27(39)23-22(24-26(36-29(41)44-24)43-25(23)28(37)40)19-12-16(31)7-10-20(19)42-13-21(38)35-17-4-2-3-15(11-17)30(32,33)34/h2-12,22-23,25H,13H2,1H3,(H,35,38)(H,36,41)/t22-,23?,25?/m1/s1. The van der Waals surface area contributed by atoms with Crippen molar-refractivity contribution in [1.29, 1.82) is 0 Å². The van der Waals surface area contributed by atoms with Crippen LogP contribution in [-0.4, -0.2) is 34.6 Å². The average molecular weight is 660 g/mol. The second kappa shape index (κ2) is 11.5. The van der Waals surface area contributed by atoms with Crippen molar-refractivity contribution in [3.63, 3.8) is 0 Å². The number of carbonyl (C=O) groups excluding carboxylic acids is 3. The highest BCUT2D eigenvalue weighted by molar-refractivity contribution is 8.00. The van der Waals surface area contributed by atoms with Gasteiger partial charge in [0.25, 0.3) is 5.91 Å². The molecule has 1 saturated heterocycles. The molecule has 0 aliphatic carbocycles. The van der Waals surface area contributed by atoms with Crippen LogP contribution in [0.25, 0.3) is 0 Å². The molecule has 0 spiro atoms. The Balaban J connectivity index is 1.33. The van der Waals surface area contributed by atoms with E-state index < -0.39 is 53.2 Å². The van der Waals surface area contributed by atoms with Gasteiger partial charge in [0.05, 0.1) is 22.2 Å². The second-order valence-corrected chi connectivity index (χ2v) is 12.8. The van der Waals surface area contributed by atoms with E-state index in [1.165, 1.54) is 24.3 Å². The maximum atomic E-state index is 14.0. The fraction of sp³-hybridized carbons (Fsp3) is 0.200. The lowest BCUT2D eigenvalue weighted by Gasteiger charge is -2.31. The van der Waals surface area contributed by atoms with E-state index in [1.54, 1.807) is 30.3 Å². The SMILES string of the molecule is Cc1ccc(N2C(=O)C3Sc4[nH]c(=O)sc4[C@H](c4cc(Cl)ccc4OCC(=O)Nc4cccc(C(F)(F)F)c4)C3C2=O)cc1. The average Bonchev–Trinajstić information content (AvgIpc) is 3.46. The lowest BCUT2D eigenvalue weighted by molar-refractivity contribution is -0.137. The van der Waals surface area contributed by atoms with Crippen LogP contribution in [0, 0.1) is 12.8 Å². The van der Waals surface area contributed by atoms with Gasteiger partial charge >= 0.3 is 11.0 Å². The summed E-state index contributed by atoms with van der Waals surface area (Å²) in [7, 11) is 0. The molecule has 8 nitrogen and oxygen atoms in total. The van der Waals surface area contributed by atoms with Crippen LogP contribution < -0.4 is 19.8 Å². The van der Waals surface area contributed by atoms with Crippen LogP contribution in [0.4, 0.5) is 24.5 Å². The van der Waals surface area contributed by atoms with Gasteiger partial charge in [-0.1, -0.05) is 58.5 Å². The molecule has 3 atom stereocenters. The molecule has 2 unspecified atom stereocenters. The number of hydrogen-bond acceptors (Lipinski definition) is 7. The maximum absolute atomic E-state index is 14.0. The van der Waals surface area contributed by atoms with Crippen LogP contribution in [0.2, 0.25) is 5.02 Å². The molecule has 226 valence electrons. The molecule has 2 N–H and O–H groups in total. The summed E-state index contributed by atoms with van der Waals surface area (Å²) in [6.07, 6.45) is -4.58. The Morgan fingerprint density at radius 3 is 2.52 bits per heavy atom. The molecule has 4 aromatic rings. The zero-order chi connectivity index (χ0) is 31.3. The number of aromatic nitrogens is 1. The molecular formula is C30H21ClF3N3O5S2. The topological polar surface area (TPSA) is 109 Å². The Morgan fingerprint density at radius 2 is 1.80 bits per heavy atom. The number of thioether (sulfide) groups is 1. The number of benzene rings is 3. The number of imide groups is 1. The van der Waals surface area contributed by atoms with Gasteiger partial charge in [-0.15, -0.1) is 0 Å². The molecule has 1 aromatic heterocycles. The number of rotatable bonds is 6. The van der Waals surface area contributed by atoms with Gasteiger partial charge in [0.1, 0.15) is 11.0 Å². The molecule has 3 aromatic carbocycles. The van der Waals surface area contributed by atoms with E-state index in [2.05, 4.69) is 10.3 Å². The fourth-order valence-corrected chi connectivity index (χ4v) is 7.99. The van der Waals surface area contributed by atoms with Crippen LogP contribution in [0.1, 0.15) is 27.5 Å². The third kappa shape index (κ3) is 5.62. The number of fused-ring (bicyclic) bond motifs is 2. The van der Waals surface area contributed by atoms with Gasteiger partial charge in [-0.05, 0) is 55.5 Å². The number of thiazole rings is 1. The molecule has 0 bridgehead atoms. The molecule has 14 heteroatoms. The summed E-state index contributed by atoms with van der Waals surface area (Å²) < 4.78 is 45.1. The van der Waals surface area contributed by atoms with E-state index in [9.17, 15) is 32.3 Å². The number of amides is 3. The van der Waals surface area contributed by atoms with E-state index >= 15 is 0 Å². The van der Waals surface area contributed by atoms with Gasteiger partial charge in [-0.2, -0.15) is 13.2 Å². The summed E-state index contributed by atoms with van der Waals surface area (Å²) in [5, 5.41) is 2.26. The maximum Gasteiger partial charge on any atom is 0.416 e. The van der Waals surface area contributed by atoms with Gasteiger partial charge < -0.3 is 15.0 Å². The Hall–Kier alpha value is -4.07. The number of H-pyrrole nitrogens is 1. The Labute approximate surface area is 261 Å². The van der Waals surface area contributed by atoms with Crippen molar-refractivity contribution in [2.24, 2.45) is 5.92 Å². The summed E-state index contributed by atoms with van der Waals surface area (Å²) >= 11 is 8.40. The monoisotopic (exact) mass is 659 g/mol. The predicted molar refractivity (Wildman–Crippen MR) is 161 cm³/mol. The first-order chi connectivity index (χ1) is 20.9. The minimum atomic E-state index is -4.58. The third-order valence-electron chi connectivity index (χ3n) is 7.26. The van der Waals surface area contributed by atoms with Crippen molar-refractivity contribution in [3.05, 3.63) is 103 Å². The number of carbonyl (C=O) groups is 3. The number of aryl methyl sites for hydroxylation is 1. The smallest absolute Gasteiger partial charge is 0.416 e.